The Bertz CT molecular complexity index is 662. The smallest absolute Gasteiger partial charge is 0.417 e. The molecule has 24 heavy (non-hydrogen) atoms. The molecule has 1 aliphatic heterocycles. The van der Waals surface area contributed by atoms with Crippen LogP contribution < -0.4 is 0 Å². The van der Waals surface area contributed by atoms with E-state index in [0.29, 0.717) is 19.0 Å². The molecule has 1 saturated carbocycles. The molecular formula is C16H17F3N2O3. The molecule has 1 N–H and O–H groups in total. The number of nitrogens with zero attached hydrogens (tertiary/aromatic N) is 2. The third kappa shape index (κ3) is 2.97. The van der Waals surface area contributed by atoms with Gasteiger partial charge in [0.2, 0.25) is 0 Å². The third-order valence-electron chi connectivity index (χ3n) is 4.92. The van der Waals surface area contributed by atoms with Crippen LogP contribution in [0.15, 0.2) is 18.5 Å². The van der Waals surface area contributed by atoms with Crippen molar-refractivity contribution in [3.05, 3.63) is 29.6 Å². The van der Waals surface area contributed by atoms with Gasteiger partial charge >= 0.3 is 12.1 Å². The Morgan fingerprint density at radius 1 is 1.21 bits per heavy atom. The molecule has 3 unspecified atom stereocenters. The highest BCUT2D eigenvalue weighted by Crippen LogP contribution is 2.40. The van der Waals surface area contributed by atoms with Crippen LogP contribution in [0.1, 0.15) is 48.0 Å². The maximum atomic E-state index is 12.8. The van der Waals surface area contributed by atoms with Gasteiger partial charge in [0.1, 0.15) is 6.04 Å². The highest BCUT2D eigenvalue weighted by Gasteiger charge is 2.48. The van der Waals surface area contributed by atoms with Crippen LogP contribution in [0.3, 0.4) is 0 Å². The molecule has 0 radical (unpaired) electrons. The number of rotatable bonds is 2. The van der Waals surface area contributed by atoms with Gasteiger partial charge in [-0.2, -0.15) is 13.2 Å². The van der Waals surface area contributed by atoms with Crippen LogP contribution in [0.25, 0.3) is 0 Å². The number of aliphatic carboxylic acids is 1. The molecule has 1 aromatic heterocycles. The van der Waals surface area contributed by atoms with Crippen molar-refractivity contribution in [2.24, 2.45) is 5.92 Å². The average Bonchev–Trinajstić information content (AvgIpc) is 2.93. The Balaban J connectivity index is 1.93. The molecule has 0 spiro atoms. The van der Waals surface area contributed by atoms with Crippen molar-refractivity contribution in [2.75, 3.05) is 0 Å². The Morgan fingerprint density at radius 3 is 2.58 bits per heavy atom. The van der Waals surface area contributed by atoms with E-state index in [-0.39, 0.29) is 17.5 Å². The number of carboxylic acid groups (broad SMARTS) is 1. The first-order valence-electron chi connectivity index (χ1n) is 7.86. The quantitative estimate of drug-likeness (QED) is 0.897. The number of fused-ring (bicyclic) bond motifs is 1. The summed E-state index contributed by atoms with van der Waals surface area (Å²) in [7, 11) is 0. The minimum absolute atomic E-state index is 0.0996. The zero-order valence-electron chi connectivity index (χ0n) is 12.8. The van der Waals surface area contributed by atoms with Crippen molar-refractivity contribution in [2.45, 2.75) is 50.4 Å². The Hall–Kier alpha value is -2.12. The zero-order valence-corrected chi connectivity index (χ0v) is 12.8. The molecule has 0 aromatic carbocycles. The second kappa shape index (κ2) is 6.07. The van der Waals surface area contributed by atoms with Crippen LogP contribution in [0.4, 0.5) is 13.2 Å². The van der Waals surface area contributed by atoms with Crippen molar-refractivity contribution >= 4 is 11.9 Å². The first kappa shape index (κ1) is 16.7. The van der Waals surface area contributed by atoms with E-state index < -0.39 is 29.7 Å². The molecule has 8 heteroatoms. The lowest BCUT2D eigenvalue weighted by Gasteiger charge is -2.33. The number of carbonyl (C=O) groups is 2. The maximum Gasteiger partial charge on any atom is 0.417 e. The van der Waals surface area contributed by atoms with Crippen LogP contribution in [0, 0.1) is 5.92 Å². The Labute approximate surface area is 136 Å². The van der Waals surface area contributed by atoms with Crippen molar-refractivity contribution in [1.82, 2.24) is 9.88 Å². The summed E-state index contributed by atoms with van der Waals surface area (Å²) in [5.41, 5.74) is -1.23. The SMILES string of the molecule is O=C(O)C1CC2CCCCC2N1C(=O)c1cncc(C(F)(F)F)c1. The molecule has 3 rings (SSSR count). The van der Waals surface area contributed by atoms with E-state index in [1.54, 1.807) is 0 Å². The molecule has 2 aliphatic rings. The van der Waals surface area contributed by atoms with E-state index in [9.17, 15) is 27.9 Å². The van der Waals surface area contributed by atoms with E-state index in [4.69, 9.17) is 0 Å². The van der Waals surface area contributed by atoms with Crippen LogP contribution in [-0.2, 0) is 11.0 Å². The fraction of sp³-hybridized carbons (Fsp3) is 0.562. The predicted octanol–water partition coefficient (Wildman–Crippen LogP) is 2.96. The minimum Gasteiger partial charge on any atom is -0.480 e. The number of aromatic nitrogens is 1. The number of hydrogen-bond donors (Lipinski definition) is 1. The van der Waals surface area contributed by atoms with E-state index in [2.05, 4.69) is 4.98 Å². The summed E-state index contributed by atoms with van der Waals surface area (Å²) >= 11 is 0. The molecule has 5 nitrogen and oxygen atoms in total. The number of likely N-dealkylation sites (tertiary alicyclic amines) is 1. The summed E-state index contributed by atoms with van der Waals surface area (Å²) in [6.07, 6.45) is 0.877. The van der Waals surface area contributed by atoms with Gasteiger partial charge in [-0.15, -0.1) is 0 Å². The minimum atomic E-state index is -4.60. The fourth-order valence-electron chi connectivity index (χ4n) is 3.83. The first-order valence-corrected chi connectivity index (χ1v) is 7.86. The van der Waals surface area contributed by atoms with Crippen LogP contribution in [-0.4, -0.2) is 39.0 Å². The summed E-state index contributed by atoms with van der Waals surface area (Å²) < 4.78 is 38.5. The van der Waals surface area contributed by atoms with E-state index in [1.165, 1.54) is 4.90 Å². The summed E-state index contributed by atoms with van der Waals surface area (Å²) in [6, 6.07) is -0.466. The van der Waals surface area contributed by atoms with E-state index in [0.717, 1.165) is 31.5 Å². The van der Waals surface area contributed by atoms with Crippen LogP contribution in [0.5, 0.6) is 0 Å². The van der Waals surface area contributed by atoms with Crippen molar-refractivity contribution in [3.63, 3.8) is 0 Å². The number of amides is 1. The van der Waals surface area contributed by atoms with Gasteiger partial charge in [0, 0.05) is 18.4 Å². The van der Waals surface area contributed by atoms with Gasteiger partial charge in [-0.3, -0.25) is 9.78 Å². The highest BCUT2D eigenvalue weighted by atomic mass is 19.4. The van der Waals surface area contributed by atoms with Gasteiger partial charge in [0.25, 0.3) is 5.91 Å². The van der Waals surface area contributed by atoms with Gasteiger partial charge in [0.15, 0.2) is 0 Å². The van der Waals surface area contributed by atoms with Gasteiger partial charge in [-0.1, -0.05) is 12.8 Å². The number of hydrogen-bond acceptors (Lipinski definition) is 3. The van der Waals surface area contributed by atoms with Crippen molar-refractivity contribution < 1.29 is 27.9 Å². The molecular weight excluding hydrogens is 325 g/mol. The first-order chi connectivity index (χ1) is 11.3. The van der Waals surface area contributed by atoms with Gasteiger partial charge < -0.3 is 10.0 Å². The van der Waals surface area contributed by atoms with Crippen molar-refractivity contribution in [3.8, 4) is 0 Å². The molecule has 0 bridgehead atoms. The third-order valence-corrected chi connectivity index (χ3v) is 4.92. The molecule has 1 aromatic rings. The predicted molar refractivity (Wildman–Crippen MR) is 77.2 cm³/mol. The lowest BCUT2D eigenvalue weighted by molar-refractivity contribution is -0.142. The summed E-state index contributed by atoms with van der Waals surface area (Å²) in [5, 5.41) is 9.42. The molecule has 130 valence electrons. The fourth-order valence-corrected chi connectivity index (χ4v) is 3.83. The number of carbonyl (C=O) groups excluding carboxylic acids is 1. The Kier molecular flexibility index (Phi) is 4.23. The molecule has 2 fully saturated rings. The van der Waals surface area contributed by atoms with Gasteiger partial charge in [-0.25, -0.2) is 4.79 Å². The van der Waals surface area contributed by atoms with Crippen LogP contribution >= 0.6 is 0 Å². The summed E-state index contributed by atoms with van der Waals surface area (Å²) in [4.78, 5) is 29.0. The van der Waals surface area contributed by atoms with Gasteiger partial charge in [-0.05, 0) is 31.2 Å². The maximum absolute atomic E-state index is 12.8. The lowest BCUT2D eigenvalue weighted by Crippen LogP contribution is -2.46. The van der Waals surface area contributed by atoms with Gasteiger partial charge in [0.05, 0.1) is 11.1 Å². The number of alkyl halides is 3. The summed E-state index contributed by atoms with van der Waals surface area (Å²) in [5.74, 6) is -1.70. The number of carboxylic acids is 1. The molecule has 1 aliphatic carbocycles. The Morgan fingerprint density at radius 2 is 1.92 bits per heavy atom. The molecule has 1 amide bonds. The van der Waals surface area contributed by atoms with Crippen LogP contribution in [0.2, 0.25) is 0 Å². The average molecular weight is 342 g/mol. The number of halogens is 3. The topological polar surface area (TPSA) is 70.5 Å². The van der Waals surface area contributed by atoms with E-state index >= 15 is 0 Å². The monoisotopic (exact) mass is 342 g/mol. The highest BCUT2D eigenvalue weighted by molar-refractivity contribution is 5.97. The molecule has 3 atom stereocenters. The second-order valence-corrected chi connectivity index (χ2v) is 6.37. The van der Waals surface area contributed by atoms with E-state index in [1.807, 2.05) is 0 Å². The largest absolute Gasteiger partial charge is 0.480 e. The second-order valence-electron chi connectivity index (χ2n) is 6.37. The molecule has 1 saturated heterocycles. The standard InChI is InChI=1S/C16H17F3N2O3/c17-16(18,19)11-5-10(7-20-8-11)14(22)21-12-4-2-1-3-9(12)6-13(21)15(23)24/h5,7-9,12-13H,1-4,6H2,(H,23,24). The summed E-state index contributed by atoms with van der Waals surface area (Å²) in [6.45, 7) is 0. The zero-order chi connectivity index (χ0) is 17.5. The lowest BCUT2D eigenvalue weighted by atomic mass is 9.84. The van der Waals surface area contributed by atoms with Crippen molar-refractivity contribution in [1.29, 1.82) is 0 Å². The normalized spacial score (nSPS) is 27.0. The number of pyridine rings is 1. The molecule has 2 heterocycles.